The third-order valence-corrected chi connectivity index (χ3v) is 2.29. The SMILES string of the molecule is C=CCC1=CC=CC1.CCn1cccc1. The molecule has 1 heterocycles. The standard InChI is InChI=1S/C8H10.C6H9N/c1-2-5-8-6-3-4-7-8;1-2-7-5-3-4-6-7/h2-4,6H,1,5,7H2;3-6H,2H2,1H3. The quantitative estimate of drug-likeness (QED) is 0.652. The number of hydrogen-bond donors (Lipinski definition) is 0. The van der Waals surface area contributed by atoms with E-state index >= 15 is 0 Å². The summed E-state index contributed by atoms with van der Waals surface area (Å²) in [4.78, 5) is 0. The molecule has 0 N–H and O–H groups in total. The van der Waals surface area contributed by atoms with Crippen molar-refractivity contribution >= 4 is 0 Å². The number of rotatable bonds is 3. The van der Waals surface area contributed by atoms with E-state index in [0.717, 1.165) is 19.4 Å². The van der Waals surface area contributed by atoms with E-state index in [9.17, 15) is 0 Å². The molecule has 0 radical (unpaired) electrons. The Morgan fingerprint density at radius 1 is 1.40 bits per heavy atom. The van der Waals surface area contributed by atoms with Crippen molar-refractivity contribution < 1.29 is 0 Å². The predicted molar refractivity (Wildman–Crippen MR) is 66.8 cm³/mol. The fraction of sp³-hybridized carbons (Fsp3) is 0.286. The molecule has 1 aromatic heterocycles. The molecule has 0 atom stereocenters. The summed E-state index contributed by atoms with van der Waals surface area (Å²) in [7, 11) is 0. The summed E-state index contributed by atoms with van der Waals surface area (Å²) in [5, 5.41) is 0. The molecule has 0 saturated heterocycles. The Kier molecular flexibility index (Phi) is 5.31. The van der Waals surface area contributed by atoms with Crippen LogP contribution in [-0.2, 0) is 6.54 Å². The Bertz CT molecular complexity index is 328. The fourth-order valence-corrected chi connectivity index (χ4v) is 1.41. The zero-order chi connectivity index (χ0) is 10.9. The number of aryl methyl sites for hydroxylation is 1. The number of allylic oxidation sites excluding steroid dienone is 5. The lowest BCUT2D eigenvalue weighted by Crippen LogP contribution is -1.85. The second-order valence-corrected chi connectivity index (χ2v) is 3.46. The minimum atomic E-state index is 1.05. The molecule has 0 saturated carbocycles. The summed E-state index contributed by atoms with van der Waals surface area (Å²) in [6.45, 7) is 6.86. The highest BCUT2D eigenvalue weighted by atomic mass is 14.9. The molecule has 1 nitrogen and oxygen atoms in total. The van der Waals surface area contributed by atoms with Gasteiger partial charge in [0.1, 0.15) is 0 Å². The lowest BCUT2D eigenvalue weighted by atomic mass is 10.2. The van der Waals surface area contributed by atoms with Gasteiger partial charge in [0.2, 0.25) is 0 Å². The first-order chi connectivity index (χ1) is 7.36. The molecule has 0 amide bonds. The van der Waals surface area contributed by atoms with E-state index in [2.05, 4.69) is 48.7 Å². The summed E-state index contributed by atoms with van der Waals surface area (Å²) < 4.78 is 2.12. The first-order valence-electron chi connectivity index (χ1n) is 5.43. The van der Waals surface area contributed by atoms with Gasteiger partial charge >= 0.3 is 0 Å². The maximum absolute atomic E-state index is 3.66. The molecule has 80 valence electrons. The minimum Gasteiger partial charge on any atom is -0.355 e. The van der Waals surface area contributed by atoms with E-state index in [0.29, 0.717) is 0 Å². The largest absolute Gasteiger partial charge is 0.355 e. The molecule has 0 bridgehead atoms. The van der Waals surface area contributed by atoms with Crippen molar-refractivity contribution in [2.45, 2.75) is 26.3 Å². The van der Waals surface area contributed by atoms with Crippen molar-refractivity contribution in [3.63, 3.8) is 0 Å². The molecule has 0 unspecified atom stereocenters. The summed E-state index contributed by atoms with van der Waals surface area (Å²) >= 11 is 0. The molecule has 1 aliphatic carbocycles. The van der Waals surface area contributed by atoms with Crippen molar-refractivity contribution in [1.82, 2.24) is 4.57 Å². The summed E-state index contributed by atoms with van der Waals surface area (Å²) in [5.41, 5.74) is 1.47. The van der Waals surface area contributed by atoms with Gasteiger partial charge in [-0.05, 0) is 31.9 Å². The smallest absolute Gasteiger partial charge is 0.0191 e. The van der Waals surface area contributed by atoms with Crippen LogP contribution in [0.1, 0.15) is 19.8 Å². The van der Waals surface area contributed by atoms with Gasteiger partial charge in [-0.1, -0.05) is 29.9 Å². The summed E-state index contributed by atoms with van der Waals surface area (Å²) in [5.74, 6) is 0. The van der Waals surface area contributed by atoms with Crippen LogP contribution in [0.15, 0.2) is 61.0 Å². The third-order valence-electron chi connectivity index (χ3n) is 2.29. The molecule has 2 rings (SSSR count). The molecular weight excluding hydrogens is 182 g/mol. The Morgan fingerprint density at radius 3 is 2.53 bits per heavy atom. The molecule has 1 heteroatoms. The maximum Gasteiger partial charge on any atom is 0.0191 e. The zero-order valence-corrected chi connectivity index (χ0v) is 9.39. The van der Waals surface area contributed by atoms with Crippen LogP contribution in [0.5, 0.6) is 0 Å². The Balaban J connectivity index is 0.000000151. The summed E-state index contributed by atoms with van der Waals surface area (Å²) in [6.07, 6.45) is 14.6. The van der Waals surface area contributed by atoms with Crippen LogP contribution in [0.3, 0.4) is 0 Å². The number of nitrogens with zero attached hydrogens (tertiary/aromatic N) is 1. The van der Waals surface area contributed by atoms with Gasteiger partial charge in [0, 0.05) is 18.9 Å². The Morgan fingerprint density at radius 2 is 2.13 bits per heavy atom. The van der Waals surface area contributed by atoms with Gasteiger partial charge in [-0.25, -0.2) is 0 Å². The minimum absolute atomic E-state index is 1.05. The van der Waals surface area contributed by atoms with E-state index < -0.39 is 0 Å². The van der Waals surface area contributed by atoms with Crippen molar-refractivity contribution in [3.05, 3.63) is 61.0 Å². The highest BCUT2D eigenvalue weighted by Crippen LogP contribution is 2.13. The normalized spacial score (nSPS) is 13.0. The topological polar surface area (TPSA) is 4.93 Å². The molecule has 1 aromatic rings. The van der Waals surface area contributed by atoms with Crippen LogP contribution in [0, 0.1) is 0 Å². The first-order valence-corrected chi connectivity index (χ1v) is 5.43. The summed E-state index contributed by atoms with van der Waals surface area (Å²) in [6, 6.07) is 4.06. The van der Waals surface area contributed by atoms with Gasteiger partial charge in [-0.2, -0.15) is 0 Å². The molecule has 0 spiro atoms. The lowest BCUT2D eigenvalue weighted by molar-refractivity contribution is 0.769. The van der Waals surface area contributed by atoms with Crippen LogP contribution in [0.2, 0.25) is 0 Å². The molecule has 0 fully saturated rings. The second-order valence-electron chi connectivity index (χ2n) is 3.46. The van der Waals surface area contributed by atoms with Crippen molar-refractivity contribution in [3.8, 4) is 0 Å². The monoisotopic (exact) mass is 201 g/mol. The van der Waals surface area contributed by atoms with Gasteiger partial charge in [-0.3, -0.25) is 0 Å². The molecule has 1 aliphatic rings. The number of hydrogen-bond acceptors (Lipinski definition) is 0. The van der Waals surface area contributed by atoms with Gasteiger partial charge < -0.3 is 4.57 Å². The lowest BCUT2D eigenvalue weighted by Gasteiger charge is -1.90. The van der Waals surface area contributed by atoms with Gasteiger partial charge in [0.05, 0.1) is 0 Å². The fourth-order valence-electron chi connectivity index (χ4n) is 1.41. The average molecular weight is 201 g/mol. The van der Waals surface area contributed by atoms with E-state index in [-0.39, 0.29) is 0 Å². The van der Waals surface area contributed by atoms with E-state index in [1.807, 2.05) is 18.2 Å². The van der Waals surface area contributed by atoms with Crippen LogP contribution >= 0.6 is 0 Å². The average Bonchev–Trinajstić information content (AvgIpc) is 2.91. The number of aromatic nitrogens is 1. The molecule has 0 aliphatic heterocycles. The van der Waals surface area contributed by atoms with E-state index in [4.69, 9.17) is 0 Å². The van der Waals surface area contributed by atoms with Crippen molar-refractivity contribution in [1.29, 1.82) is 0 Å². The zero-order valence-electron chi connectivity index (χ0n) is 9.39. The van der Waals surface area contributed by atoms with Crippen LogP contribution in [0.25, 0.3) is 0 Å². The molecule has 0 aromatic carbocycles. The maximum atomic E-state index is 3.66. The van der Waals surface area contributed by atoms with Crippen LogP contribution in [0.4, 0.5) is 0 Å². The third kappa shape index (κ3) is 4.50. The molecular formula is C14H19N. The Labute approximate surface area is 92.4 Å². The Hall–Kier alpha value is -1.50. The first kappa shape index (κ1) is 11.6. The van der Waals surface area contributed by atoms with Crippen molar-refractivity contribution in [2.24, 2.45) is 0 Å². The van der Waals surface area contributed by atoms with Gasteiger partial charge in [-0.15, -0.1) is 6.58 Å². The predicted octanol–water partition coefficient (Wildman–Crippen LogP) is 3.96. The van der Waals surface area contributed by atoms with Gasteiger partial charge in [0.15, 0.2) is 0 Å². The highest BCUT2D eigenvalue weighted by molar-refractivity contribution is 5.24. The van der Waals surface area contributed by atoms with Gasteiger partial charge in [0.25, 0.3) is 0 Å². The highest BCUT2D eigenvalue weighted by Gasteiger charge is 1.93. The van der Waals surface area contributed by atoms with Crippen molar-refractivity contribution in [2.75, 3.05) is 0 Å². The van der Waals surface area contributed by atoms with E-state index in [1.54, 1.807) is 0 Å². The van der Waals surface area contributed by atoms with Crippen LogP contribution < -0.4 is 0 Å². The van der Waals surface area contributed by atoms with Crippen LogP contribution in [-0.4, -0.2) is 4.57 Å². The second kappa shape index (κ2) is 6.88. The molecule has 15 heavy (non-hydrogen) atoms. The van der Waals surface area contributed by atoms with E-state index in [1.165, 1.54) is 5.57 Å².